The maximum absolute atomic E-state index is 5.77. The third kappa shape index (κ3) is 2.30. The lowest BCUT2D eigenvalue weighted by molar-refractivity contribution is 0.587. The zero-order valence-electron chi connectivity index (χ0n) is 9.29. The van der Waals surface area contributed by atoms with Crippen molar-refractivity contribution >= 4 is 5.69 Å². The highest BCUT2D eigenvalue weighted by Gasteiger charge is 2.13. The van der Waals surface area contributed by atoms with Crippen LogP contribution in [-0.4, -0.2) is 26.2 Å². The van der Waals surface area contributed by atoms with Gasteiger partial charge in [0.25, 0.3) is 0 Å². The van der Waals surface area contributed by atoms with Gasteiger partial charge in [-0.1, -0.05) is 12.1 Å². The third-order valence-electron chi connectivity index (χ3n) is 2.92. The monoisotopic (exact) mass is 205 g/mol. The predicted molar refractivity (Wildman–Crippen MR) is 64.2 cm³/mol. The molecule has 82 valence electrons. The Labute approximate surface area is 91.3 Å². The van der Waals surface area contributed by atoms with Gasteiger partial charge < -0.3 is 16.0 Å². The Morgan fingerprint density at radius 2 is 2.07 bits per heavy atom. The molecule has 1 aliphatic rings. The Balaban J connectivity index is 2.27. The number of nitrogens with one attached hydrogen (secondary N) is 1. The maximum Gasteiger partial charge on any atom is 0.0415 e. The SMILES string of the molecule is Cc1ccc(CN)c(N2CCNCC2)c1. The topological polar surface area (TPSA) is 41.3 Å². The van der Waals surface area contributed by atoms with Crippen LogP contribution in [0, 0.1) is 6.92 Å². The normalized spacial score (nSPS) is 16.8. The van der Waals surface area contributed by atoms with Crippen molar-refractivity contribution < 1.29 is 0 Å². The Bertz CT molecular complexity index is 330. The summed E-state index contributed by atoms with van der Waals surface area (Å²) in [5.41, 5.74) is 9.64. The standard InChI is InChI=1S/C12H19N3/c1-10-2-3-11(9-13)12(8-10)15-6-4-14-5-7-15/h2-3,8,14H,4-7,9,13H2,1H3. The minimum absolute atomic E-state index is 0.625. The third-order valence-corrected chi connectivity index (χ3v) is 2.92. The Hall–Kier alpha value is -1.06. The van der Waals surface area contributed by atoms with Crippen LogP contribution in [0.2, 0.25) is 0 Å². The van der Waals surface area contributed by atoms with E-state index in [1.165, 1.54) is 16.8 Å². The van der Waals surface area contributed by atoms with E-state index < -0.39 is 0 Å². The van der Waals surface area contributed by atoms with E-state index in [-0.39, 0.29) is 0 Å². The van der Waals surface area contributed by atoms with Gasteiger partial charge in [-0.05, 0) is 24.1 Å². The van der Waals surface area contributed by atoms with Crippen LogP contribution in [0.3, 0.4) is 0 Å². The largest absolute Gasteiger partial charge is 0.369 e. The van der Waals surface area contributed by atoms with Gasteiger partial charge in [-0.2, -0.15) is 0 Å². The molecule has 0 aromatic heterocycles. The van der Waals surface area contributed by atoms with Crippen LogP contribution in [-0.2, 0) is 6.54 Å². The predicted octanol–water partition coefficient (Wildman–Crippen LogP) is 0.863. The van der Waals surface area contributed by atoms with Crippen LogP contribution in [0.5, 0.6) is 0 Å². The van der Waals surface area contributed by atoms with E-state index in [4.69, 9.17) is 5.73 Å². The second kappa shape index (κ2) is 4.64. The Morgan fingerprint density at radius 3 is 2.73 bits per heavy atom. The van der Waals surface area contributed by atoms with Crippen molar-refractivity contribution in [2.75, 3.05) is 31.1 Å². The first kappa shape index (κ1) is 10.5. The van der Waals surface area contributed by atoms with Crippen molar-refractivity contribution in [3.05, 3.63) is 29.3 Å². The molecule has 3 heteroatoms. The highest BCUT2D eigenvalue weighted by atomic mass is 15.2. The molecule has 0 radical (unpaired) electrons. The molecule has 0 atom stereocenters. The van der Waals surface area contributed by atoms with Gasteiger partial charge in [0.2, 0.25) is 0 Å². The summed E-state index contributed by atoms with van der Waals surface area (Å²) >= 11 is 0. The number of anilines is 1. The number of benzene rings is 1. The minimum atomic E-state index is 0.625. The summed E-state index contributed by atoms with van der Waals surface area (Å²) < 4.78 is 0. The van der Waals surface area contributed by atoms with Crippen molar-refractivity contribution in [2.45, 2.75) is 13.5 Å². The first-order chi connectivity index (χ1) is 7.31. The summed E-state index contributed by atoms with van der Waals surface area (Å²) in [7, 11) is 0. The van der Waals surface area contributed by atoms with Gasteiger partial charge in [0.15, 0.2) is 0 Å². The van der Waals surface area contributed by atoms with Crippen LogP contribution in [0.1, 0.15) is 11.1 Å². The van der Waals surface area contributed by atoms with Crippen LogP contribution in [0.4, 0.5) is 5.69 Å². The number of nitrogens with two attached hydrogens (primary N) is 1. The summed E-state index contributed by atoms with van der Waals surface area (Å²) in [6.07, 6.45) is 0. The number of piperazine rings is 1. The highest BCUT2D eigenvalue weighted by Crippen LogP contribution is 2.22. The summed E-state index contributed by atoms with van der Waals surface area (Å²) in [5.74, 6) is 0. The van der Waals surface area contributed by atoms with E-state index >= 15 is 0 Å². The van der Waals surface area contributed by atoms with Crippen LogP contribution >= 0.6 is 0 Å². The maximum atomic E-state index is 5.77. The molecule has 2 rings (SSSR count). The molecule has 1 fully saturated rings. The first-order valence-electron chi connectivity index (χ1n) is 5.56. The molecule has 1 heterocycles. The van der Waals surface area contributed by atoms with E-state index in [1.807, 2.05) is 0 Å². The summed E-state index contributed by atoms with van der Waals surface area (Å²) in [6, 6.07) is 6.52. The molecule has 0 spiro atoms. The summed E-state index contributed by atoms with van der Waals surface area (Å²) in [4.78, 5) is 2.42. The zero-order chi connectivity index (χ0) is 10.7. The average molecular weight is 205 g/mol. The second-order valence-corrected chi connectivity index (χ2v) is 4.07. The fourth-order valence-corrected chi connectivity index (χ4v) is 2.05. The van der Waals surface area contributed by atoms with Gasteiger partial charge >= 0.3 is 0 Å². The second-order valence-electron chi connectivity index (χ2n) is 4.07. The number of rotatable bonds is 2. The molecule has 0 unspecified atom stereocenters. The number of aryl methyl sites for hydroxylation is 1. The molecule has 1 aromatic rings. The van der Waals surface area contributed by atoms with Crippen LogP contribution < -0.4 is 16.0 Å². The minimum Gasteiger partial charge on any atom is -0.369 e. The van der Waals surface area contributed by atoms with Gasteiger partial charge in [-0.3, -0.25) is 0 Å². The molecule has 0 aliphatic carbocycles. The molecular formula is C12H19N3. The molecule has 0 saturated carbocycles. The molecule has 15 heavy (non-hydrogen) atoms. The van der Waals surface area contributed by atoms with E-state index in [0.717, 1.165) is 26.2 Å². The Morgan fingerprint density at radius 1 is 1.33 bits per heavy atom. The van der Waals surface area contributed by atoms with Gasteiger partial charge in [0.1, 0.15) is 0 Å². The molecule has 1 aromatic carbocycles. The van der Waals surface area contributed by atoms with E-state index in [2.05, 4.69) is 35.3 Å². The smallest absolute Gasteiger partial charge is 0.0415 e. The fraction of sp³-hybridized carbons (Fsp3) is 0.500. The molecular weight excluding hydrogens is 186 g/mol. The van der Waals surface area contributed by atoms with Crippen LogP contribution in [0.25, 0.3) is 0 Å². The van der Waals surface area contributed by atoms with Gasteiger partial charge in [0, 0.05) is 38.4 Å². The lowest BCUT2D eigenvalue weighted by atomic mass is 10.1. The molecule has 3 nitrogen and oxygen atoms in total. The van der Waals surface area contributed by atoms with Crippen molar-refractivity contribution in [3.63, 3.8) is 0 Å². The summed E-state index contributed by atoms with van der Waals surface area (Å²) in [5, 5.41) is 3.36. The van der Waals surface area contributed by atoms with Crippen molar-refractivity contribution in [3.8, 4) is 0 Å². The van der Waals surface area contributed by atoms with Crippen molar-refractivity contribution in [2.24, 2.45) is 5.73 Å². The molecule has 1 aliphatic heterocycles. The van der Waals surface area contributed by atoms with Gasteiger partial charge in [-0.25, -0.2) is 0 Å². The quantitative estimate of drug-likeness (QED) is 0.752. The van der Waals surface area contributed by atoms with E-state index in [1.54, 1.807) is 0 Å². The zero-order valence-corrected chi connectivity index (χ0v) is 9.29. The molecule has 0 amide bonds. The Kier molecular flexibility index (Phi) is 3.23. The van der Waals surface area contributed by atoms with Crippen molar-refractivity contribution in [1.29, 1.82) is 0 Å². The molecule has 0 bridgehead atoms. The number of hydrogen-bond donors (Lipinski definition) is 2. The van der Waals surface area contributed by atoms with E-state index in [9.17, 15) is 0 Å². The first-order valence-corrected chi connectivity index (χ1v) is 5.56. The number of nitrogens with zero attached hydrogens (tertiary/aromatic N) is 1. The van der Waals surface area contributed by atoms with Crippen LogP contribution in [0.15, 0.2) is 18.2 Å². The van der Waals surface area contributed by atoms with Crippen molar-refractivity contribution in [1.82, 2.24) is 5.32 Å². The highest BCUT2D eigenvalue weighted by molar-refractivity contribution is 5.55. The lowest BCUT2D eigenvalue weighted by Crippen LogP contribution is -2.44. The lowest BCUT2D eigenvalue weighted by Gasteiger charge is -2.31. The number of hydrogen-bond acceptors (Lipinski definition) is 3. The summed E-state index contributed by atoms with van der Waals surface area (Å²) in [6.45, 7) is 7.05. The van der Waals surface area contributed by atoms with E-state index in [0.29, 0.717) is 6.54 Å². The molecule has 3 N–H and O–H groups in total. The average Bonchev–Trinajstić information content (AvgIpc) is 2.30. The molecule has 1 saturated heterocycles. The van der Waals surface area contributed by atoms with Gasteiger partial charge in [0.05, 0.1) is 0 Å². The fourth-order valence-electron chi connectivity index (χ4n) is 2.05. The van der Waals surface area contributed by atoms with Gasteiger partial charge in [-0.15, -0.1) is 0 Å².